The Bertz CT molecular complexity index is 336. The van der Waals surface area contributed by atoms with E-state index in [9.17, 15) is 4.79 Å². The van der Waals surface area contributed by atoms with Crippen molar-refractivity contribution in [1.29, 1.82) is 0 Å². The van der Waals surface area contributed by atoms with Crippen molar-refractivity contribution >= 4 is 5.97 Å². The number of rotatable bonds is 4. The molecule has 0 amide bonds. The fourth-order valence-corrected chi connectivity index (χ4v) is 1.37. The molecular weight excluding hydrogens is 190 g/mol. The van der Waals surface area contributed by atoms with Gasteiger partial charge < -0.3 is 9.64 Å². The smallest absolute Gasteiger partial charge is 0.338 e. The van der Waals surface area contributed by atoms with Crippen LogP contribution < -0.4 is 0 Å². The van der Waals surface area contributed by atoms with Crippen LogP contribution in [0.1, 0.15) is 22.8 Å². The molecule has 1 rings (SSSR count). The van der Waals surface area contributed by atoms with E-state index < -0.39 is 0 Å². The van der Waals surface area contributed by atoms with Gasteiger partial charge in [-0.3, -0.25) is 0 Å². The van der Waals surface area contributed by atoms with Gasteiger partial charge in [0.15, 0.2) is 0 Å². The first kappa shape index (κ1) is 11.7. The summed E-state index contributed by atoms with van der Waals surface area (Å²) in [6, 6.07) is 7.54. The molecule has 0 saturated carbocycles. The molecule has 0 bridgehead atoms. The number of benzene rings is 1. The Morgan fingerprint density at radius 2 is 2.07 bits per heavy atom. The van der Waals surface area contributed by atoms with E-state index in [1.165, 1.54) is 7.11 Å². The van der Waals surface area contributed by atoms with Crippen molar-refractivity contribution in [3.05, 3.63) is 35.4 Å². The van der Waals surface area contributed by atoms with E-state index in [0.717, 1.165) is 18.7 Å². The highest BCUT2D eigenvalue weighted by molar-refractivity contribution is 5.90. The number of carbonyl (C=O) groups is 1. The van der Waals surface area contributed by atoms with Crippen LogP contribution in [0.5, 0.6) is 0 Å². The summed E-state index contributed by atoms with van der Waals surface area (Å²) in [6.45, 7) is 3.80. The van der Waals surface area contributed by atoms with Gasteiger partial charge >= 0.3 is 5.97 Å². The maximum Gasteiger partial charge on any atom is 0.338 e. The van der Waals surface area contributed by atoms with Gasteiger partial charge in [0.2, 0.25) is 0 Å². The zero-order valence-corrected chi connectivity index (χ0v) is 9.49. The lowest BCUT2D eigenvalue weighted by Crippen LogP contribution is -2.19. The zero-order valence-electron chi connectivity index (χ0n) is 9.49. The third-order valence-electron chi connectivity index (χ3n) is 2.40. The largest absolute Gasteiger partial charge is 0.465 e. The standard InChI is InChI=1S/C12H17NO2/c1-4-13(2)9-10-7-5-6-8-11(10)12(14)15-3/h5-8H,4,9H2,1-3H3. The molecule has 0 aliphatic heterocycles. The lowest BCUT2D eigenvalue weighted by atomic mass is 10.1. The molecule has 0 radical (unpaired) electrons. The van der Waals surface area contributed by atoms with Gasteiger partial charge in [-0.1, -0.05) is 25.1 Å². The minimum atomic E-state index is -0.268. The quantitative estimate of drug-likeness (QED) is 0.706. The van der Waals surface area contributed by atoms with Crippen LogP contribution in [0.15, 0.2) is 24.3 Å². The van der Waals surface area contributed by atoms with Gasteiger partial charge in [-0.15, -0.1) is 0 Å². The van der Waals surface area contributed by atoms with Crippen LogP contribution >= 0.6 is 0 Å². The molecule has 3 nitrogen and oxygen atoms in total. The number of carbonyl (C=O) groups excluding carboxylic acids is 1. The van der Waals surface area contributed by atoms with Crippen molar-refractivity contribution in [2.45, 2.75) is 13.5 Å². The minimum Gasteiger partial charge on any atom is -0.465 e. The van der Waals surface area contributed by atoms with Crippen molar-refractivity contribution in [3.8, 4) is 0 Å². The number of nitrogens with zero attached hydrogens (tertiary/aromatic N) is 1. The average Bonchev–Trinajstić information content (AvgIpc) is 2.28. The van der Waals surface area contributed by atoms with E-state index in [1.54, 1.807) is 6.07 Å². The van der Waals surface area contributed by atoms with Crippen LogP contribution in [-0.2, 0) is 11.3 Å². The van der Waals surface area contributed by atoms with E-state index in [0.29, 0.717) is 5.56 Å². The summed E-state index contributed by atoms with van der Waals surface area (Å²) in [4.78, 5) is 13.6. The topological polar surface area (TPSA) is 29.5 Å². The highest BCUT2D eigenvalue weighted by Crippen LogP contribution is 2.11. The minimum absolute atomic E-state index is 0.268. The molecule has 0 aromatic heterocycles. The summed E-state index contributed by atoms with van der Waals surface area (Å²) < 4.78 is 4.73. The van der Waals surface area contributed by atoms with Crippen LogP contribution in [0.3, 0.4) is 0 Å². The molecule has 0 aliphatic rings. The predicted octanol–water partition coefficient (Wildman–Crippen LogP) is 1.92. The summed E-state index contributed by atoms with van der Waals surface area (Å²) in [5.41, 5.74) is 1.66. The van der Waals surface area contributed by atoms with Crippen LogP contribution in [0.4, 0.5) is 0 Å². The fourth-order valence-electron chi connectivity index (χ4n) is 1.37. The second kappa shape index (κ2) is 5.51. The summed E-state index contributed by atoms with van der Waals surface area (Å²) in [5, 5.41) is 0. The second-order valence-corrected chi connectivity index (χ2v) is 3.48. The molecule has 0 N–H and O–H groups in total. The monoisotopic (exact) mass is 207 g/mol. The normalized spacial score (nSPS) is 10.4. The van der Waals surface area contributed by atoms with Crippen LogP contribution in [0.2, 0.25) is 0 Å². The number of esters is 1. The van der Waals surface area contributed by atoms with Crippen molar-refractivity contribution in [2.24, 2.45) is 0 Å². The molecule has 0 saturated heterocycles. The molecule has 0 heterocycles. The van der Waals surface area contributed by atoms with Crippen molar-refractivity contribution in [2.75, 3.05) is 20.7 Å². The van der Waals surface area contributed by atoms with Crippen LogP contribution in [0.25, 0.3) is 0 Å². The molecule has 0 spiro atoms. The lowest BCUT2D eigenvalue weighted by molar-refractivity contribution is 0.0598. The molecular formula is C12H17NO2. The molecule has 0 aliphatic carbocycles. The van der Waals surface area contributed by atoms with Gasteiger partial charge in [-0.05, 0) is 25.2 Å². The van der Waals surface area contributed by atoms with Crippen LogP contribution in [0, 0.1) is 0 Å². The highest BCUT2D eigenvalue weighted by Gasteiger charge is 2.11. The number of hydrogen-bond acceptors (Lipinski definition) is 3. The Morgan fingerprint density at radius 1 is 1.40 bits per heavy atom. The van der Waals surface area contributed by atoms with Gasteiger partial charge in [-0.25, -0.2) is 4.79 Å². The molecule has 3 heteroatoms. The van der Waals surface area contributed by atoms with E-state index in [4.69, 9.17) is 4.74 Å². The molecule has 82 valence electrons. The van der Waals surface area contributed by atoms with E-state index >= 15 is 0 Å². The van der Waals surface area contributed by atoms with Gasteiger partial charge in [-0.2, -0.15) is 0 Å². The van der Waals surface area contributed by atoms with Crippen LogP contribution in [-0.4, -0.2) is 31.6 Å². The molecule has 0 unspecified atom stereocenters. The SMILES string of the molecule is CCN(C)Cc1ccccc1C(=O)OC. The van der Waals surface area contributed by atoms with Gasteiger partial charge in [0.05, 0.1) is 12.7 Å². The zero-order chi connectivity index (χ0) is 11.3. The number of hydrogen-bond donors (Lipinski definition) is 0. The average molecular weight is 207 g/mol. The maximum absolute atomic E-state index is 11.5. The van der Waals surface area contributed by atoms with Gasteiger partial charge in [0.1, 0.15) is 0 Å². The predicted molar refractivity (Wildman–Crippen MR) is 59.8 cm³/mol. The maximum atomic E-state index is 11.5. The second-order valence-electron chi connectivity index (χ2n) is 3.48. The Labute approximate surface area is 90.7 Å². The lowest BCUT2D eigenvalue weighted by Gasteiger charge is -2.15. The highest BCUT2D eigenvalue weighted by atomic mass is 16.5. The van der Waals surface area contributed by atoms with Crippen molar-refractivity contribution in [1.82, 2.24) is 4.90 Å². The Balaban J connectivity index is 2.91. The van der Waals surface area contributed by atoms with E-state index in [1.807, 2.05) is 25.2 Å². The molecule has 1 aromatic rings. The first-order valence-corrected chi connectivity index (χ1v) is 5.03. The van der Waals surface area contributed by atoms with E-state index in [2.05, 4.69) is 11.8 Å². The first-order valence-electron chi connectivity index (χ1n) is 5.03. The first-order chi connectivity index (χ1) is 7.19. The summed E-state index contributed by atoms with van der Waals surface area (Å²) >= 11 is 0. The Hall–Kier alpha value is -1.35. The summed E-state index contributed by atoms with van der Waals surface area (Å²) in [6.07, 6.45) is 0. The summed E-state index contributed by atoms with van der Waals surface area (Å²) in [7, 11) is 3.43. The summed E-state index contributed by atoms with van der Waals surface area (Å²) in [5.74, 6) is -0.268. The Morgan fingerprint density at radius 3 is 2.67 bits per heavy atom. The fraction of sp³-hybridized carbons (Fsp3) is 0.417. The molecule has 0 atom stereocenters. The number of ether oxygens (including phenoxy) is 1. The van der Waals surface area contributed by atoms with Gasteiger partial charge in [0, 0.05) is 6.54 Å². The van der Waals surface area contributed by atoms with Crippen molar-refractivity contribution < 1.29 is 9.53 Å². The molecule has 1 aromatic carbocycles. The Kier molecular flexibility index (Phi) is 4.31. The van der Waals surface area contributed by atoms with E-state index in [-0.39, 0.29) is 5.97 Å². The third kappa shape index (κ3) is 3.06. The number of methoxy groups -OCH3 is 1. The van der Waals surface area contributed by atoms with Crippen molar-refractivity contribution in [3.63, 3.8) is 0 Å². The van der Waals surface area contributed by atoms with Gasteiger partial charge in [0.25, 0.3) is 0 Å². The third-order valence-corrected chi connectivity index (χ3v) is 2.40. The molecule has 15 heavy (non-hydrogen) atoms. The molecule has 0 fully saturated rings.